The molecule has 0 spiro atoms. The van der Waals surface area contributed by atoms with E-state index in [9.17, 15) is 9.59 Å². The number of H-pyrrole nitrogens is 1. The highest BCUT2D eigenvalue weighted by Gasteiger charge is 2.13. The number of hydrogen-bond donors (Lipinski definition) is 2. The van der Waals surface area contributed by atoms with Gasteiger partial charge in [-0.2, -0.15) is 0 Å². The van der Waals surface area contributed by atoms with Crippen LogP contribution in [0, 0.1) is 0 Å². The van der Waals surface area contributed by atoms with E-state index in [1.807, 2.05) is 24.4 Å². The Hall–Kier alpha value is -2.01. The van der Waals surface area contributed by atoms with Crippen molar-refractivity contribution in [2.24, 2.45) is 0 Å². The number of aromatic nitrogens is 1. The minimum atomic E-state index is -0.852. The van der Waals surface area contributed by atoms with Crippen molar-refractivity contribution in [3.63, 3.8) is 0 Å². The Labute approximate surface area is 121 Å². The van der Waals surface area contributed by atoms with E-state index in [0.717, 1.165) is 16.5 Å². The summed E-state index contributed by atoms with van der Waals surface area (Å²) in [5.41, 5.74) is 2.02. The summed E-state index contributed by atoms with van der Waals surface area (Å²) in [7, 11) is 0. The molecule has 2 N–H and O–H groups in total. The largest absolute Gasteiger partial charge is 0.459 e. The first-order valence-corrected chi connectivity index (χ1v) is 6.70. The number of aromatic amines is 1. The van der Waals surface area contributed by atoms with Crippen LogP contribution in [0.15, 0.2) is 24.4 Å². The van der Waals surface area contributed by atoms with E-state index in [0.29, 0.717) is 18.0 Å². The van der Waals surface area contributed by atoms with E-state index in [4.69, 9.17) is 11.6 Å². The summed E-state index contributed by atoms with van der Waals surface area (Å²) in [6.45, 7) is 2.20. The molecule has 0 unspecified atom stereocenters. The number of ether oxygens (including phenoxy) is 1. The second kappa shape index (κ2) is 6.43. The molecule has 20 heavy (non-hydrogen) atoms. The molecule has 1 amide bonds. The molecule has 0 fully saturated rings. The number of carbonyl (C=O) groups excluding carboxylic acids is 2. The normalized spacial score (nSPS) is 10.5. The maximum Gasteiger partial charge on any atom is 0.396 e. The fraction of sp³-hybridized carbons (Fsp3) is 0.286. The van der Waals surface area contributed by atoms with Gasteiger partial charge in [0.2, 0.25) is 0 Å². The number of halogens is 1. The van der Waals surface area contributed by atoms with Crippen molar-refractivity contribution in [3.8, 4) is 0 Å². The van der Waals surface area contributed by atoms with E-state index < -0.39 is 11.9 Å². The zero-order valence-corrected chi connectivity index (χ0v) is 11.8. The van der Waals surface area contributed by atoms with Crippen molar-refractivity contribution in [1.82, 2.24) is 10.3 Å². The summed E-state index contributed by atoms with van der Waals surface area (Å²) in [5, 5.41) is 4.20. The van der Waals surface area contributed by atoms with Crippen molar-refractivity contribution in [2.45, 2.75) is 13.3 Å². The van der Waals surface area contributed by atoms with Crippen LogP contribution >= 0.6 is 11.6 Å². The van der Waals surface area contributed by atoms with Crippen LogP contribution in [0.5, 0.6) is 0 Å². The molecule has 5 nitrogen and oxygen atoms in total. The predicted octanol–water partition coefficient (Wildman–Crippen LogP) is 2.04. The third-order valence-electron chi connectivity index (χ3n) is 2.87. The molecule has 6 heteroatoms. The molecule has 0 aliphatic rings. The van der Waals surface area contributed by atoms with Gasteiger partial charge in [0.05, 0.1) is 6.61 Å². The Morgan fingerprint density at radius 2 is 2.20 bits per heavy atom. The average Bonchev–Trinajstić information content (AvgIpc) is 2.81. The zero-order chi connectivity index (χ0) is 14.5. The lowest BCUT2D eigenvalue weighted by Crippen LogP contribution is -2.33. The van der Waals surface area contributed by atoms with E-state index >= 15 is 0 Å². The summed E-state index contributed by atoms with van der Waals surface area (Å²) in [4.78, 5) is 25.6. The Balaban J connectivity index is 1.95. The van der Waals surface area contributed by atoms with Crippen molar-refractivity contribution in [1.29, 1.82) is 0 Å². The average molecular weight is 295 g/mol. The van der Waals surface area contributed by atoms with Gasteiger partial charge in [0.15, 0.2) is 0 Å². The number of fused-ring (bicyclic) bond motifs is 1. The molecule has 1 aromatic heterocycles. The van der Waals surface area contributed by atoms with Crippen molar-refractivity contribution in [3.05, 3.63) is 35.0 Å². The minimum absolute atomic E-state index is 0.188. The van der Waals surface area contributed by atoms with E-state index in [1.165, 1.54) is 0 Å². The van der Waals surface area contributed by atoms with Crippen LogP contribution in [-0.2, 0) is 20.7 Å². The number of hydrogen-bond acceptors (Lipinski definition) is 3. The molecule has 0 saturated carbocycles. The van der Waals surface area contributed by atoms with Gasteiger partial charge in [-0.15, -0.1) is 0 Å². The molecule has 0 aliphatic carbocycles. The number of rotatable bonds is 4. The number of benzene rings is 1. The number of amides is 1. The van der Waals surface area contributed by atoms with Gasteiger partial charge < -0.3 is 15.0 Å². The molecule has 0 saturated heterocycles. The summed E-state index contributed by atoms with van der Waals surface area (Å²) in [6, 6.07) is 5.58. The number of carbonyl (C=O) groups is 2. The molecule has 106 valence electrons. The van der Waals surface area contributed by atoms with Gasteiger partial charge >= 0.3 is 11.9 Å². The van der Waals surface area contributed by atoms with Gasteiger partial charge in [-0.05, 0) is 37.1 Å². The topological polar surface area (TPSA) is 71.2 Å². The molecule has 0 aliphatic heterocycles. The second-order valence-electron chi connectivity index (χ2n) is 4.23. The maximum atomic E-state index is 11.4. The highest BCUT2D eigenvalue weighted by Crippen LogP contribution is 2.22. The number of nitrogens with one attached hydrogen (secondary N) is 2. The van der Waals surface area contributed by atoms with Gasteiger partial charge in [0.25, 0.3) is 0 Å². The lowest BCUT2D eigenvalue weighted by Gasteiger charge is -2.04. The molecule has 0 bridgehead atoms. The number of esters is 1. The molecule has 2 rings (SSSR count). The minimum Gasteiger partial charge on any atom is -0.459 e. The van der Waals surface area contributed by atoms with Gasteiger partial charge in [-0.1, -0.05) is 11.6 Å². The first kappa shape index (κ1) is 14.4. The van der Waals surface area contributed by atoms with Crippen LogP contribution in [0.4, 0.5) is 0 Å². The molecule has 1 aromatic carbocycles. The summed E-state index contributed by atoms with van der Waals surface area (Å²) >= 11 is 5.96. The highest BCUT2D eigenvalue weighted by molar-refractivity contribution is 6.32. The van der Waals surface area contributed by atoms with Gasteiger partial charge in [0, 0.05) is 28.7 Å². The predicted molar refractivity (Wildman–Crippen MR) is 76.7 cm³/mol. The third kappa shape index (κ3) is 3.30. The Morgan fingerprint density at radius 1 is 1.40 bits per heavy atom. The molecule has 0 atom stereocenters. The fourth-order valence-corrected chi connectivity index (χ4v) is 2.11. The van der Waals surface area contributed by atoms with Crippen LogP contribution in [0.1, 0.15) is 12.5 Å². The van der Waals surface area contributed by atoms with Gasteiger partial charge in [-0.3, -0.25) is 4.79 Å². The van der Waals surface area contributed by atoms with Gasteiger partial charge in [0.1, 0.15) is 0 Å². The molecular formula is C14H15ClN2O3. The van der Waals surface area contributed by atoms with Crippen molar-refractivity contribution >= 4 is 34.4 Å². The molecule has 0 radical (unpaired) electrons. The molecule has 1 heterocycles. The fourth-order valence-electron chi connectivity index (χ4n) is 1.94. The van der Waals surface area contributed by atoms with Crippen LogP contribution in [-0.4, -0.2) is 30.0 Å². The molecular weight excluding hydrogens is 280 g/mol. The van der Waals surface area contributed by atoms with Crippen LogP contribution in [0.2, 0.25) is 5.02 Å². The quantitative estimate of drug-likeness (QED) is 0.669. The van der Waals surface area contributed by atoms with Crippen molar-refractivity contribution < 1.29 is 14.3 Å². The summed E-state index contributed by atoms with van der Waals surface area (Å²) in [5.74, 6) is -1.57. The summed E-state index contributed by atoms with van der Waals surface area (Å²) < 4.78 is 4.60. The van der Waals surface area contributed by atoms with Crippen LogP contribution < -0.4 is 5.32 Å². The second-order valence-corrected chi connectivity index (χ2v) is 4.67. The van der Waals surface area contributed by atoms with E-state index in [-0.39, 0.29) is 6.61 Å². The highest BCUT2D eigenvalue weighted by atomic mass is 35.5. The van der Waals surface area contributed by atoms with Crippen molar-refractivity contribution in [2.75, 3.05) is 13.2 Å². The third-order valence-corrected chi connectivity index (χ3v) is 3.11. The zero-order valence-electron chi connectivity index (χ0n) is 11.0. The first-order valence-electron chi connectivity index (χ1n) is 6.32. The smallest absolute Gasteiger partial charge is 0.396 e. The Kier molecular flexibility index (Phi) is 4.63. The lowest BCUT2D eigenvalue weighted by molar-refractivity contribution is -0.154. The Bertz CT molecular complexity index is 636. The lowest BCUT2D eigenvalue weighted by atomic mass is 10.1. The first-order chi connectivity index (χ1) is 9.61. The SMILES string of the molecule is CCOC(=O)C(=O)NCCc1c[nH]c2ccc(Cl)cc12. The van der Waals surface area contributed by atoms with Crippen LogP contribution in [0.3, 0.4) is 0 Å². The molecule has 2 aromatic rings. The maximum absolute atomic E-state index is 11.4. The van der Waals surface area contributed by atoms with E-state index in [1.54, 1.807) is 6.92 Å². The Morgan fingerprint density at radius 3 is 2.95 bits per heavy atom. The monoisotopic (exact) mass is 294 g/mol. The standard InChI is InChI=1S/C14H15ClN2O3/c1-2-20-14(19)13(18)16-6-5-9-8-17-12-4-3-10(15)7-11(9)12/h3-4,7-8,17H,2,5-6H2,1H3,(H,16,18). The van der Waals surface area contributed by atoms with Gasteiger partial charge in [-0.25, -0.2) is 4.79 Å². The van der Waals surface area contributed by atoms with Crippen LogP contribution in [0.25, 0.3) is 10.9 Å². The van der Waals surface area contributed by atoms with E-state index in [2.05, 4.69) is 15.0 Å². The summed E-state index contributed by atoms with van der Waals surface area (Å²) in [6.07, 6.45) is 2.48.